The van der Waals surface area contributed by atoms with Crippen LogP contribution in [0.1, 0.15) is 24.9 Å². The molecule has 0 bridgehead atoms. The van der Waals surface area contributed by atoms with Crippen LogP contribution in [0.4, 0.5) is 11.4 Å². The van der Waals surface area contributed by atoms with Crippen LogP contribution in [-0.2, 0) is 0 Å². The molecule has 0 aromatic heterocycles. The summed E-state index contributed by atoms with van der Waals surface area (Å²) in [5.74, 6) is 0. The maximum absolute atomic E-state index is 3.66. The van der Waals surface area contributed by atoms with Crippen LogP contribution in [-0.4, -0.2) is 14.1 Å². The zero-order valence-electron chi connectivity index (χ0n) is 12.2. The van der Waals surface area contributed by atoms with E-state index in [1.807, 2.05) is 0 Å². The maximum atomic E-state index is 3.66. The lowest BCUT2D eigenvalue weighted by atomic mass is 10.0. The number of hydrogen-bond donors (Lipinski definition) is 1. The van der Waals surface area contributed by atoms with E-state index >= 15 is 0 Å². The molecular weight excluding hydrogens is 312 g/mol. The number of nitrogens with zero attached hydrogens (tertiary/aromatic N) is 1. The van der Waals surface area contributed by atoms with Gasteiger partial charge in [-0.15, -0.1) is 0 Å². The largest absolute Gasteiger partial charge is 0.377 e. The van der Waals surface area contributed by atoms with Crippen molar-refractivity contribution in [2.75, 3.05) is 24.3 Å². The van der Waals surface area contributed by atoms with Crippen molar-refractivity contribution >= 4 is 27.3 Å². The number of halogens is 1. The molecule has 2 rings (SSSR count). The van der Waals surface area contributed by atoms with Crippen LogP contribution < -0.4 is 10.2 Å². The van der Waals surface area contributed by atoms with E-state index < -0.39 is 0 Å². The van der Waals surface area contributed by atoms with Crippen LogP contribution in [0.3, 0.4) is 0 Å². The quantitative estimate of drug-likeness (QED) is 0.821. The molecule has 2 nitrogen and oxygen atoms in total. The predicted molar refractivity (Wildman–Crippen MR) is 91.6 cm³/mol. The van der Waals surface area contributed by atoms with E-state index in [4.69, 9.17) is 0 Å². The van der Waals surface area contributed by atoms with Gasteiger partial charge >= 0.3 is 0 Å². The molecule has 0 saturated heterocycles. The normalized spacial score (nSPS) is 12.0. The predicted octanol–water partition coefficient (Wildman–Crippen LogP) is 5.08. The summed E-state index contributed by atoms with van der Waals surface area (Å²) >= 11 is 3.55. The fourth-order valence-electron chi connectivity index (χ4n) is 2.32. The lowest BCUT2D eigenvalue weighted by molar-refractivity contribution is 0.748. The van der Waals surface area contributed by atoms with Gasteiger partial charge in [-0.25, -0.2) is 0 Å². The summed E-state index contributed by atoms with van der Waals surface area (Å²) in [7, 11) is 4.14. The molecule has 0 amide bonds. The van der Waals surface area contributed by atoms with Crippen molar-refractivity contribution in [3.63, 3.8) is 0 Å². The second-order valence-corrected chi connectivity index (χ2v) is 5.99. The minimum Gasteiger partial charge on any atom is -0.377 e. The number of rotatable bonds is 5. The topological polar surface area (TPSA) is 15.3 Å². The van der Waals surface area contributed by atoms with Crippen molar-refractivity contribution in [2.24, 2.45) is 0 Å². The minimum absolute atomic E-state index is 0.314. The lowest BCUT2D eigenvalue weighted by Gasteiger charge is -2.24. The number of para-hydroxylation sites is 2. The average molecular weight is 333 g/mol. The first-order chi connectivity index (χ1) is 9.61. The molecule has 0 aliphatic rings. The molecule has 0 saturated carbocycles. The van der Waals surface area contributed by atoms with Crippen LogP contribution in [0.25, 0.3) is 0 Å². The van der Waals surface area contributed by atoms with Crippen molar-refractivity contribution in [2.45, 2.75) is 19.4 Å². The summed E-state index contributed by atoms with van der Waals surface area (Å²) < 4.78 is 1.12. The Morgan fingerprint density at radius 3 is 2.50 bits per heavy atom. The van der Waals surface area contributed by atoms with E-state index in [1.54, 1.807) is 0 Å². The summed E-state index contributed by atoms with van der Waals surface area (Å²) in [5, 5.41) is 3.66. The molecule has 0 fully saturated rings. The van der Waals surface area contributed by atoms with Crippen molar-refractivity contribution in [1.29, 1.82) is 0 Å². The van der Waals surface area contributed by atoms with Gasteiger partial charge in [0.05, 0.1) is 17.4 Å². The van der Waals surface area contributed by atoms with Crippen LogP contribution in [0.2, 0.25) is 0 Å². The molecule has 2 aromatic carbocycles. The van der Waals surface area contributed by atoms with Gasteiger partial charge in [0.2, 0.25) is 0 Å². The molecule has 1 N–H and O–H groups in total. The summed E-state index contributed by atoms with van der Waals surface area (Å²) in [5.41, 5.74) is 3.68. The van der Waals surface area contributed by atoms with Crippen molar-refractivity contribution in [3.8, 4) is 0 Å². The third-order valence-corrected chi connectivity index (χ3v) is 3.87. The summed E-state index contributed by atoms with van der Waals surface area (Å²) in [6.45, 7) is 2.21. The van der Waals surface area contributed by atoms with Crippen molar-refractivity contribution in [1.82, 2.24) is 0 Å². The first-order valence-electron chi connectivity index (χ1n) is 6.90. The standard InChI is InChI=1S/C17H21BrN2/c1-4-15(13-8-7-9-14(18)12-13)19-16-10-5-6-11-17(16)20(2)3/h5-12,15,19H,4H2,1-3H3. The molecule has 0 aliphatic carbocycles. The average Bonchev–Trinajstić information content (AvgIpc) is 2.45. The van der Waals surface area contributed by atoms with Gasteiger partial charge < -0.3 is 10.2 Å². The van der Waals surface area contributed by atoms with Crippen LogP contribution in [0, 0.1) is 0 Å². The monoisotopic (exact) mass is 332 g/mol. The molecule has 20 heavy (non-hydrogen) atoms. The number of nitrogens with one attached hydrogen (secondary N) is 1. The maximum Gasteiger partial charge on any atom is 0.0596 e. The zero-order chi connectivity index (χ0) is 14.5. The summed E-state index contributed by atoms with van der Waals surface area (Å²) in [6.07, 6.45) is 1.04. The van der Waals surface area contributed by atoms with Crippen molar-refractivity contribution in [3.05, 3.63) is 58.6 Å². The van der Waals surface area contributed by atoms with E-state index in [-0.39, 0.29) is 0 Å². The highest BCUT2D eigenvalue weighted by Gasteiger charge is 2.12. The fourth-order valence-corrected chi connectivity index (χ4v) is 2.73. The first kappa shape index (κ1) is 14.9. The summed E-state index contributed by atoms with van der Waals surface area (Å²) in [6, 6.07) is 17.2. The van der Waals surface area contributed by atoms with E-state index in [9.17, 15) is 0 Å². The van der Waals surface area contributed by atoms with Gasteiger partial charge in [0.1, 0.15) is 0 Å². The summed E-state index contributed by atoms with van der Waals surface area (Å²) in [4.78, 5) is 2.13. The molecule has 0 aliphatic heterocycles. The van der Waals surface area contributed by atoms with Gasteiger partial charge in [-0.2, -0.15) is 0 Å². The number of hydrogen-bond acceptors (Lipinski definition) is 2. The van der Waals surface area contributed by atoms with E-state index in [1.165, 1.54) is 16.9 Å². The molecular formula is C17H21BrN2. The highest BCUT2D eigenvalue weighted by atomic mass is 79.9. The Kier molecular flexibility index (Phi) is 5.07. The highest BCUT2D eigenvalue weighted by molar-refractivity contribution is 9.10. The van der Waals surface area contributed by atoms with Gasteiger partial charge in [-0.3, -0.25) is 0 Å². The third-order valence-electron chi connectivity index (χ3n) is 3.37. The smallest absolute Gasteiger partial charge is 0.0596 e. The SMILES string of the molecule is CCC(Nc1ccccc1N(C)C)c1cccc(Br)c1. The number of anilines is 2. The molecule has 0 radical (unpaired) electrons. The Hall–Kier alpha value is -1.48. The van der Waals surface area contributed by atoms with Crippen LogP contribution in [0.5, 0.6) is 0 Å². The molecule has 0 heterocycles. The van der Waals surface area contributed by atoms with Gasteiger partial charge in [0.25, 0.3) is 0 Å². The Morgan fingerprint density at radius 1 is 1.10 bits per heavy atom. The Balaban J connectivity index is 2.27. The minimum atomic E-state index is 0.314. The second kappa shape index (κ2) is 6.80. The van der Waals surface area contributed by atoms with Crippen molar-refractivity contribution < 1.29 is 0 Å². The molecule has 106 valence electrons. The van der Waals surface area contributed by atoms with E-state index in [2.05, 4.69) is 95.7 Å². The van der Waals surface area contributed by atoms with Crippen LogP contribution >= 0.6 is 15.9 Å². The molecule has 2 aromatic rings. The zero-order valence-corrected chi connectivity index (χ0v) is 13.8. The van der Waals surface area contributed by atoms with Gasteiger partial charge in [-0.1, -0.05) is 47.1 Å². The Morgan fingerprint density at radius 2 is 1.85 bits per heavy atom. The fraction of sp³-hybridized carbons (Fsp3) is 0.294. The highest BCUT2D eigenvalue weighted by Crippen LogP contribution is 2.30. The first-order valence-corrected chi connectivity index (χ1v) is 7.69. The third kappa shape index (κ3) is 3.54. The van der Waals surface area contributed by atoms with Gasteiger partial charge in [0.15, 0.2) is 0 Å². The number of benzene rings is 2. The lowest BCUT2D eigenvalue weighted by Crippen LogP contribution is -2.15. The molecule has 1 unspecified atom stereocenters. The Bertz CT molecular complexity index is 566. The molecule has 1 atom stereocenters. The Labute approximate surface area is 129 Å². The van der Waals surface area contributed by atoms with Gasteiger partial charge in [-0.05, 0) is 36.2 Å². The molecule has 3 heteroatoms. The molecule has 0 spiro atoms. The van der Waals surface area contributed by atoms with E-state index in [0.717, 1.165) is 10.9 Å². The second-order valence-electron chi connectivity index (χ2n) is 5.07. The van der Waals surface area contributed by atoms with Crippen LogP contribution in [0.15, 0.2) is 53.0 Å². The van der Waals surface area contributed by atoms with Gasteiger partial charge in [0, 0.05) is 18.6 Å². The van der Waals surface area contributed by atoms with E-state index in [0.29, 0.717) is 6.04 Å².